The van der Waals surface area contributed by atoms with Gasteiger partial charge in [-0.3, -0.25) is 0 Å². The SMILES string of the molecule is CCCN(c1cc(C(=O)O)c(Cl)cn1)C(C)C. The van der Waals surface area contributed by atoms with Crippen LogP contribution in [0.2, 0.25) is 5.02 Å². The van der Waals surface area contributed by atoms with Crippen molar-refractivity contribution in [3.05, 3.63) is 22.8 Å². The summed E-state index contributed by atoms with van der Waals surface area (Å²) in [5, 5.41) is 9.18. The molecule has 0 bridgehead atoms. The summed E-state index contributed by atoms with van der Waals surface area (Å²) >= 11 is 5.79. The lowest BCUT2D eigenvalue weighted by molar-refractivity contribution is 0.0697. The van der Waals surface area contributed by atoms with Gasteiger partial charge in [0.15, 0.2) is 0 Å². The summed E-state index contributed by atoms with van der Waals surface area (Å²) in [6.07, 6.45) is 2.37. The topological polar surface area (TPSA) is 53.4 Å². The van der Waals surface area contributed by atoms with Gasteiger partial charge in [-0.2, -0.15) is 0 Å². The standard InChI is InChI=1S/C12H17ClN2O2/c1-4-5-15(8(2)3)11-6-9(12(16)17)10(13)7-14-11/h6-8H,4-5H2,1-3H3,(H,16,17). The molecular weight excluding hydrogens is 240 g/mol. The number of nitrogens with zero attached hydrogens (tertiary/aromatic N) is 2. The summed E-state index contributed by atoms with van der Waals surface area (Å²) in [5.41, 5.74) is 0.0958. The van der Waals surface area contributed by atoms with E-state index in [-0.39, 0.29) is 16.6 Å². The first-order chi connectivity index (χ1) is 7.97. The van der Waals surface area contributed by atoms with E-state index in [9.17, 15) is 4.79 Å². The first-order valence-electron chi connectivity index (χ1n) is 5.62. The van der Waals surface area contributed by atoms with E-state index >= 15 is 0 Å². The van der Waals surface area contributed by atoms with Gasteiger partial charge in [0.05, 0.1) is 10.6 Å². The van der Waals surface area contributed by atoms with Gasteiger partial charge < -0.3 is 10.0 Å². The van der Waals surface area contributed by atoms with Crippen molar-refractivity contribution >= 4 is 23.4 Å². The lowest BCUT2D eigenvalue weighted by Crippen LogP contribution is -2.32. The van der Waals surface area contributed by atoms with Crippen molar-refractivity contribution in [2.24, 2.45) is 0 Å². The Kier molecular flexibility index (Phi) is 4.75. The summed E-state index contributed by atoms with van der Waals surface area (Å²) < 4.78 is 0. The molecule has 4 nitrogen and oxygen atoms in total. The second-order valence-corrected chi connectivity index (χ2v) is 4.52. The molecule has 94 valence electrons. The highest BCUT2D eigenvalue weighted by Gasteiger charge is 2.15. The van der Waals surface area contributed by atoms with Crippen LogP contribution < -0.4 is 4.90 Å². The zero-order chi connectivity index (χ0) is 13.0. The van der Waals surface area contributed by atoms with Crippen LogP contribution in [0.1, 0.15) is 37.6 Å². The van der Waals surface area contributed by atoms with E-state index in [2.05, 4.69) is 16.8 Å². The molecule has 0 aliphatic heterocycles. The molecule has 0 unspecified atom stereocenters. The van der Waals surface area contributed by atoms with Crippen LogP contribution in [0.25, 0.3) is 0 Å². The minimum Gasteiger partial charge on any atom is -0.478 e. The fourth-order valence-electron chi connectivity index (χ4n) is 1.63. The quantitative estimate of drug-likeness (QED) is 0.880. The molecule has 0 radical (unpaired) electrons. The summed E-state index contributed by atoms with van der Waals surface area (Å²) in [7, 11) is 0. The highest BCUT2D eigenvalue weighted by molar-refractivity contribution is 6.33. The number of rotatable bonds is 5. The molecule has 5 heteroatoms. The highest BCUT2D eigenvalue weighted by Crippen LogP contribution is 2.22. The molecule has 0 saturated heterocycles. The van der Waals surface area contributed by atoms with E-state index in [4.69, 9.17) is 16.7 Å². The lowest BCUT2D eigenvalue weighted by atomic mass is 10.2. The summed E-state index contributed by atoms with van der Waals surface area (Å²) in [4.78, 5) is 17.2. The molecule has 0 aliphatic carbocycles. The van der Waals surface area contributed by atoms with Gasteiger partial charge in [0, 0.05) is 18.8 Å². The maximum atomic E-state index is 11.0. The molecule has 0 amide bonds. The number of halogens is 1. The fraction of sp³-hybridized carbons (Fsp3) is 0.500. The Morgan fingerprint density at radius 2 is 2.24 bits per heavy atom. The maximum absolute atomic E-state index is 11.0. The normalized spacial score (nSPS) is 10.6. The van der Waals surface area contributed by atoms with Gasteiger partial charge in [-0.15, -0.1) is 0 Å². The van der Waals surface area contributed by atoms with Crippen molar-refractivity contribution < 1.29 is 9.90 Å². The van der Waals surface area contributed by atoms with Crippen LogP contribution in [0.3, 0.4) is 0 Å². The van der Waals surface area contributed by atoms with Crippen molar-refractivity contribution in [1.82, 2.24) is 4.98 Å². The Balaban J connectivity index is 3.12. The summed E-state index contributed by atoms with van der Waals surface area (Å²) in [5.74, 6) is -0.373. The number of pyridine rings is 1. The van der Waals surface area contributed by atoms with Crippen molar-refractivity contribution in [1.29, 1.82) is 0 Å². The summed E-state index contributed by atoms with van der Waals surface area (Å²) in [6, 6.07) is 1.80. The maximum Gasteiger partial charge on any atom is 0.337 e. The molecule has 0 saturated carbocycles. The van der Waals surface area contributed by atoms with Crippen LogP contribution in [0.15, 0.2) is 12.3 Å². The zero-order valence-electron chi connectivity index (χ0n) is 10.3. The number of hydrogen-bond acceptors (Lipinski definition) is 3. The molecule has 0 aromatic carbocycles. The van der Waals surface area contributed by atoms with E-state index in [1.807, 2.05) is 13.8 Å². The molecule has 1 aromatic rings. The second-order valence-electron chi connectivity index (χ2n) is 4.11. The van der Waals surface area contributed by atoms with E-state index in [0.29, 0.717) is 5.82 Å². The van der Waals surface area contributed by atoms with Crippen LogP contribution in [0.5, 0.6) is 0 Å². The van der Waals surface area contributed by atoms with Crippen molar-refractivity contribution in [3.8, 4) is 0 Å². The summed E-state index contributed by atoms with van der Waals surface area (Å²) in [6.45, 7) is 7.01. The monoisotopic (exact) mass is 256 g/mol. The molecular formula is C12H17ClN2O2. The highest BCUT2D eigenvalue weighted by atomic mass is 35.5. The molecule has 1 heterocycles. The first-order valence-corrected chi connectivity index (χ1v) is 6.00. The number of aromatic nitrogens is 1. The predicted octanol–water partition coefficient (Wildman–Crippen LogP) is 3.06. The number of carbonyl (C=O) groups is 1. The lowest BCUT2D eigenvalue weighted by Gasteiger charge is -2.27. The third-order valence-corrected chi connectivity index (χ3v) is 2.75. The number of anilines is 1. The molecule has 1 rings (SSSR count). The molecule has 1 N–H and O–H groups in total. The minimum absolute atomic E-state index is 0.0958. The number of carboxylic acid groups (broad SMARTS) is 1. The van der Waals surface area contributed by atoms with Crippen LogP contribution in [-0.4, -0.2) is 28.6 Å². The van der Waals surface area contributed by atoms with E-state index in [1.165, 1.54) is 12.3 Å². The van der Waals surface area contributed by atoms with Gasteiger partial charge >= 0.3 is 5.97 Å². The molecule has 0 atom stereocenters. The van der Waals surface area contributed by atoms with E-state index < -0.39 is 5.97 Å². The number of carboxylic acids is 1. The first kappa shape index (κ1) is 13.8. The van der Waals surface area contributed by atoms with Crippen molar-refractivity contribution in [2.45, 2.75) is 33.2 Å². The molecule has 0 spiro atoms. The zero-order valence-corrected chi connectivity index (χ0v) is 11.0. The Labute approximate surface area is 106 Å². The largest absolute Gasteiger partial charge is 0.478 e. The fourth-order valence-corrected chi connectivity index (χ4v) is 1.81. The minimum atomic E-state index is -1.03. The van der Waals surface area contributed by atoms with Gasteiger partial charge in [-0.25, -0.2) is 9.78 Å². The smallest absolute Gasteiger partial charge is 0.337 e. The van der Waals surface area contributed by atoms with E-state index in [1.54, 1.807) is 0 Å². The molecule has 17 heavy (non-hydrogen) atoms. The van der Waals surface area contributed by atoms with Gasteiger partial charge in [0.2, 0.25) is 0 Å². The number of hydrogen-bond donors (Lipinski definition) is 1. The van der Waals surface area contributed by atoms with Gasteiger partial charge in [-0.1, -0.05) is 18.5 Å². The Morgan fingerprint density at radius 3 is 2.71 bits per heavy atom. The number of aromatic carboxylic acids is 1. The average molecular weight is 257 g/mol. The Hall–Kier alpha value is -1.29. The average Bonchev–Trinajstić information content (AvgIpc) is 2.26. The van der Waals surface area contributed by atoms with Crippen LogP contribution in [0, 0.1) is 0 Å². The Morgan fingerprint density at radius 1 is 1.59 bits per heavy atom. The molecule has 0 aliphatic rings. The molecule has 0 fully saturated rings. The third kappa shape index (κ3) is 3.33. The van der Waals surface area contributed by atoms with Crippen LogP contribution >= 0.6 is 11.6 Å². The third-order valence-electron chi connectivity index (χ3n) is 2.45. The van der Waals surface area contributed by atoms with Gasteiger partial charge in [-0.05, 0) is 26.3 Å². The molecule has 1 aromatic heterocycles. The van der Waals surface area contributed by atoms with Gasteiger partial charge in [0.25, 0.3) is 0 Å². The van der Waals surface area contributed by atoms with E-state index in [0.717, 1.165) is 13.0 Å². The van der Waals surface area contributed by atoms with Gasteiger partial charge in [0.1, 0.15) is 5.82 Å². The second kappa shape index (κ2) is 5.87. The van der Waals surface area contributed by atoms with Crippen LogP contribution in [0.4, 0.5) is 5.82 Å². The Bertz CT molecular complexity index is 407. The predicted molar refractivity (Wildman–Crippen MR) is 69.0 cm³/mol. The van der Waals surface area contributed by atoms with Crippen LogP contribution in [-0.2, 0) is 0 Å². The van der Waals surface area contributed by atoms with Crippen molar-refractivity contribution in [2.75, 3.05) is 11.4 Å². The van der Waals surface area contributed by atoms with Crippen molar-refractivity contribution in [3.63, 3.8) is 0 Å².